The van der Waals surface area contributed by atoms with Crippen molar-refractivity contribution < 1.29 is 0 Å². The minimum atomic E-state index is 0.236. The average Bonchev–Trinajstić information content (AvgIpc) is 2.30. The highest BCUT2D eigenvalue weighted by Gasteiger charge is 2.33. The molecule has 94 valence electrons. The fourth-order valence-corrected chi connectivity index (χ4v) is 3.08. The van der Waals surface area contributed by atoms with Gasteiger partial charge in [0.25, 0.3) is 0 Å². The summed E-state index contributed by atoms with van der Waals surface area (Å²) in [6.07, 6.45) is 5.21. The lowest BCUT2D eigenvalue weighted by molar-refractivity contribution is 0.214. The van der Waals surface area contributed by atoms with Crippen LogP contribution in [0.25, 0.3) is 0 Å². The van der Waals surface area contributed by atoms with E-state index < -0.39 is 0 Å². The minimum Gasteiger partial charge on any atom is -0.307 e. The number of aryl methyl sites for hydroxylation is 1. The van der Waals surface area contributed by atoms with E-state index in [4.69, 9.17) is 0 Å². The van der Waals surface area contributed by atoms with Crippen LogP contribution in [-0.2, 0) is 5.54 Å². The third-order valence-electron chi connectivity index (χ3n) is 3.85. The second kappa shape index (κ2) is 5.22. The second-order valence-electron chi connectivity index (χ2n) is 5.93. The lowest BCUT2D eigenvalue weighted by Gasteiger charge is -2.40. The Balaban J connectivity index is 2.28. The van der Waals surface area contributed by atoms with Crippen molar-refractivity contribution in [2.75, 3.05) is 6.54 Å². The highest BCUT2D eigenvalue weighted by molar-refractivity contribution is 5.28. The largest absolute Gasteiger partial charge is 0.307 e. The summed E-state index contributed by atoms with van der Waals surface area (Å²) in [6, 6.07) is 9.12. The van der Waals surface area contributed by atoms with Gasteiger partial charge in [-0.3, -0.25) is 0 Å². The fraction of sp³-hybridized carbons (Fsp3) is 0.625. The van der Waals surface area contributed by atoms with Crippen molar-refractivity contribution in [1.29, 1.82) is 0 Å². The van der Waals surface area contributed by atoms with Crippen LogP contribution in [0.4, 0.5) is 0 Å². The Morgan fingerprint density at radius 3 is 2.41 bits per heavy atom. The molecule has 1 aromatic rings. The van der Waals surface area contributed by atoms with E-state index in [1.807, 2.05) is 0 Å². The molecule has 1 fully saturated rings. The molecule has 1 nitrogen and oxygen atoms in total. The van der Waals surface area contributed by atoms with Crippen LogP contribution >= 0.6 is 0 Å². The highest BCUT2D eigenvalue weighted by Crippen LogP contribution is 2.36. The molecule has 1 heteroatoms. The molecule has 1 aliphatic heterocycles. The summed E-state index contributed by atoms with van der Waals surface area (Å²) in [5.74, 6) is 0.738. The van der Waals surface area contributed by atoms with Crippen LogP contribution in [0.3, 0.4) is 0 Å². The normalized spacial score (nSPS) is 25.2. The third kappa shape index (κ3) is 2.90. The lowest BCUT2D eigenvalue weighted by atomic mass is 9.76. The van der Waals surface area contributed by atoms with Gasteiger partial charge in [0.2, 0.25) is 0 Å². The topological polar surface area (TPSA) is 12.0 Å². The molecule has 1 saturated heterocycles. The van der Waals surface area contributed by atoms with Gasteiger partial charge in [-0.1, -0.05) is 50.1 Å². The van der Waals surface area contributed by atoms with E-state index in [0.29, 0.717) is 0 Å². The molecule has 1 aliphatic rings. The van der Waals surface area contributed by atoms with E-state index in [9.17, 15) is 0 Å². The molecule has 1 N–H and O–H groups in total. The van der Waals surface area contributed by atoms with Gasteiger partial charge in [0.15, 0.2) is 0 Å². The zero-order chi connectivity index (χ0) is 12.3. The lowest BCUT2D eigenvalue weighted by Crippen LogP contribution is -2.46. The predicted molar refractivity (Wildman–Crippen MR) is 74.2 cm³/mol. The Hall–Kier alpha value is -0.820. The molecule has 1 heterocycles. The summed E-state index contributed by atoms with van der Waals surface area (Å²) in [7, 11) is 0. The number of hydrogen-bond acceptors (Lipinski definition) is 1. The van der Waals surface area contributed by atoms with E-state index in [-0.39, 0.29) is 5.54 Å². The molecule has 0 aromatic heterocycles. The van der Waals surface area contributed by atoms with Crippen molar-refractivity contribution in [3.05, 3.63) is 35.4 Å². The quantitative estimate of drug-likeness (QED) is 0.829. The van der Waals surface area contributed by atoms with Crippen LogP contribution in [-0.4, -0.2) is 6.54 Å². The van der Waals surface area contributed by atoms with Crippen molar-refractivity contribution >= 4 is 0 Å². The van der Waals surface area contributed by atoms with E-state index in [2.05, 4.69) is 50.4 Å². The van der Waals surface area contributed by atoms with Gasteiger partial charge in [-0.15, -0.1) is 0 Å². The van der Waals surface area contributed by atoms with Gasteiger partial charge in [-0.25, -0.2) is 0 Å². The average molecular weight is 231 g/mol. The molecule has 2 rings (SSSR count). The molecule has 0 aliphatic carbocycles. The van der Waals surface area contributed by atoms with Crippen LogP contribution in [0.1, 0.15) is 50.7 Å². The van der Waals surface area contributed by atoms with Crippen LogP contribution in [0.15, 0.2) is 24.3 Å². The molecule has 17 heavy (non-hydrogen) atoms. The highest BCUT2D eigenvalue weighted by atomic mass is 15.0. The van der Waals surface area contributed by atoms with E-state index >= 15 is 0 Å². The Bertz CT molecular complexity index is 344. The summed E-state index contributed by atoms with van der Waals surface area (Å²) in [6.45, 7) is 7.98. The van der Waals surface area contributed by atoms with Crippen molar-refractivity contribution in [3.63, 3.8) is 0 Å². The second-order valence-corrected chi connectivity index (χ2v) is 5.93. The minimum absolute atomic E-state index is 0.236. The number of nitrogens with one attached hydrogen (secondary N) is 1. The number of benzene rings is 1. The van der Waals surface area contributed by atoms with Gasteiger partial charge in [0, 0.05) is 5.54 Å². The molecule has 0 saturated carbocycles. The van der Waals surface area contributed by atoms with Gasteiger partial charge in [-0.05, 0) is 44.2 Å². The first-order chi connectivity index (χ1) is 8.12. The van der Waals surface area contributed by atoms with Gasteiger partial charge in [0.05, 0.1) is 0 Å². The smallest absolute Gasteiger partial charge is 0.0437 e. The molecule has 0 bridgehead atoms. The van der Waals surface area contributed by atoms with Crippen molar-refractivity contribution in [1.82, 2.24) is 5.32 Å². The SMILES string of the molecule is Cc1ccc(C2(CC(C)C)CCCCN2)cc1. The van der Waals surface area contributed by atoms with Gasteiger partial charge >= 0.3 is 0 Å². The van der Waals surface area contributed by atoms with E-state index in [1.54, 1.807) is 0 Å². The number of piperidine rings is 1. The first-order valence-corrected chi connectivity index (χ1v) is 6.94. The summed E-state index contributed by atoms with van der Waals surface area (Å²) < 4.78 is 0. The maximum atomic E-state index is 3.80. The molecule has 1 unspecified atom stereocenters. The van der Waals surface area contributed by atoms with Gasteiger partial charge < -0.3 is 5.32 Å². The zero-order valence-electron chi connectivity index (χ0n) is 11.4. The van der Waals surface area contributed by atoms with Gasteiger partial charge in [0.1, 0.15) is 0 Å². The molecule has 1 atom stereocenters. The first kappa shape index (κ1) is 12.6. The van der Waals surface area contributed by atoms with Crippen molar-refractivity contribution in [2.45, 2.75) is 52.0 Å². The summed E-state index contributed by atoms with van der Waals surface area (Å²) in [5, 5.41) is 3.80. The van der Waals surface area contributed by atoms with E-state index in [1.165, 1.54) is 43.4 Å². The molecule has 1 aromatic carbocycles. The molecular formula is C16H25N. The number of hydrogen-bond donors (Lipinski definition) is 1. The van der Waals surface area contributed by atoms with Crippen molar-refractivity contribution in [3.8, 4) is 0 Å². The summed E-state index contributed by atoms with van der Waals surface area (Å²) >= 11 is 0. The summed E-state index contributed by atoms with van der Waals surface area (Å²) in [4.78, 5) is 0. The maximum absolute atomic E-state index is 3.80. The Kier molecular flexibility index (Phi) is 3.88. The fourth-order valence-electron chi connectivity index (χ4n) is 3.08. The first-order valence-electron chi connectivity index (χ1n) is 6.94. The standard InChI is InChI=1S/C16H25N/c1-13(2)12-16(10-4-5-11-17-16)15-8-6-14(3)7-9-15/h6-9,13,17H,4-5,10-12H2,1-3H3. The van der Waals surface area contributed by atoms with Crippen molar-refractivity contribution in [2.24, 2.45) is 5.92 Å². The monoisotopic (exact) mass is 231 g/mol. The Morgan fingerprint density at radius 2 is 1.88 bits per heavy atom. The van der Waals surface area contributed by atoms with Gasteiger partial charge in [-0.2, -0.15) is 0 Å². The van der Waals surface area contributed by atoms with Crippen LogP contribution in [0.5, 0.6) is 0 Å². The zero-order valence-corrected chi connectivity index (χ0v) is 11.4. The third-order valence-corrected chi connectivity index (χ3v) is 3.85. The van der Waals surface area contributed by atoms with Crippen LogP contribution in [0, 0.1) is 12.8 Å². The van der Waals surface area contributed by atoms with Crippen LogP contribution in [0.2, 0.25) is 0 Å². The number of rotatable bonds is 3. The maximum Gasteiger partial charge on any atom is 0.0437 e. The predicted octanol–water partition coefficient (Wildman–Crippen LogP) is 4.01. The molecule has 0 spiro atoms. The molecule has 0 radical (unpaired) electrons. The summed E-state index contributed by atoms with van der Waals surface area (Å²) in [5.41, 5.74) is 3.07. The Morgan fingerprint density at radius 1 is 1.18 bits per heavy atom. The van der Waals surface area contributed by atoms with Crippen LogP contribution < -0.4 is 5.32 Å². The molecule has 0 amide bonds. The molecular weight excluding hydrogens is 206 g/mol. The van der Waals surface area contributed by atoms with E-state index in [0.717, 1.165) is 5.92 Å². The Labute approximate surface area is 106 Å².